The van der Waals surface area contributed by atoms with Crippen molar-refractivity contribution >= 4 is 11.8 Å². The van der Waals surface area contributed by atoms with Gasteiger partial charge in [0.2, 0.25) is 0 Å². The molecule has 12 heteroatoms. The quantitative estimate of drug-likeness (QED) is 0.0794. The first-order valence-electron chi connectivity index (χ1n) is 12.2. The average molecular weight is 599 g/mol. The van der Waals surface area contributed by atoms with Crippen LogP contribution in [0.15, 0.2) is 78.9 Å². The summed E-state index contributed by atoms with van der Waals surface area (Å²) in [5.41, 5.74) is 1.08. The minimum Gasteiger partial charge on any atom is -0.508 e. The number of phenolic OH excluding ortho intramolecular Hbond substituents is 8. The molecule has 0 aliphatic rings. The molecule has 0 bridgehead atoms. The molecule has 0 fully saturated rings. The molecular weight excluding hydrogens is 564 g/mol. The maximum Gasteiger partial charge on any atom is 0.349 e. The molecule has 0 radical (unpaired) electrons. The lowest BCUT2D eigenvalue weighted by atomic mass is 9.91. The van der Waals surface area contributed by atoms with E-state index in [-0.39, 0.29) is 47.5 Å². The van der Waals surface area contributed by atoms with Gasteiger partial charge in [-0.3, -0.25) is 4.79 Å². The van der Waals surface area contributed by atoms with E-state index < -0.39 is 35.1 Å². The van der Waals surface area contributed by atoms with Gasteiger partial charge in [0.25, 0.3) is 0 Å². The molecule has 12 nitrogen and oxygen atoms in total. The molecule has 0 aliphatic heterocycles. The number of carbonyl (C=O) groups excluding carboxylic acids is 2. The summed E-state index contributed by atoms with van der Waals surface area (Å²) in [6.45, 7) is 3.23. The Bertz CT molecular complexity index is 1430. The van der Waals surface area contributed by atoms with Crippen LogP contribution in [0.5, 0.6) is 46.0 Å². The van der Waals surface area contributed by atoms with Crippen molar-refractivity contribution in [3.63, 3.8) is 0 Å². The molecule has 0 amide bonds. The van der Waals surface area contributed by atoms with Gasteiger partial charge < -0.3 is 45.7 Å². The first kappa shape index (κ1) is 35.4. The van der Waals surface area contributed by atoms with Crippen molar-refractivity contribution in [2.24, 2.45) is 0 Å². The Hall–Kier alpha value is -5.62. The molecule has 4 aromatic rings. The molecule has 2 atom stereocenters. The Morgan fingerprint density at radius 3 is 1.21 bits per heavy atom. The summed E-state index contributed by atoms with van der Waals surface area (Å²) in [6.07, 6.45) is 0. The summed E-state index contributed by atoms with van der Waals surface area (Å²) >= 11 is 0. The summed E-state index contributed by atoms with van der Waals surface area (Å²) in [4.78, 5) is 26.8. The molecule has 2 unspecified atom stereocenters. The number of benzene rings is 4. The van der Waals surface area contributed by atoms with Gasteiger partial charge in [-0.25, -0.2) is 4.79 Å². The molecular formula is C31H34O12. The van der Waals surface area contributed by atoms with Crippen molar-refractivity contribution in [1.82, 2.24) is 0 Å². The van der Waals surface area contributed by atoms with E-state index in [0.717, 1.165) is 30.3 Å². The lowest BCUT2D eigenvalue weighted by molar-refractivity contribution is -0.235. The van der Waals surface area contributed by atoms with Crippen LogP contribution in [-0.2, 0) is 9.68 Å². The summed E-state index contributed by atoms with van der Waals surface area (Å²) in [5, 5.41) is 81.0. The molecule has 4 rings (SSSR count). The Kier molecular flexibility index (Phi) is 13.2. The number of carbonyl (C=O) groups is 2. The van der Waals surface area contributed by atoms with Crippen LogP contribution in [0.1, 0.15) is 54.6 Å². The number of aromatic hydroxyl groups is 8. The third-order valence-electron chi connectivity index (χ3n) is 5.84. The van der Waals surface area contributed by atoms with Crippen molar-refractivity contribution in [1.29, 1.82) is 0 Å². The predicted molar refractivity (Wildman–Crippen MR) is 156 cm³/mol. The summed E-state index contributed by atoms with van der Waals surface area (Å²) < 4.78 is 0. The fourth-order valence-corrected chi connectivity index (χ4v) is 3.54. The Balaban J connectivity index is 0.000000346. The van der Waals surface area contributed by atoms with Gasteiger partial charge in [-0.15, -0.1) is 0 Å². The standard InChI is InChI=1S/C15H14O5.C9H10O4.C6H6O3.CH4/c1-8(9-2-4-10(16)5-3-9)15(20)14-12(18)6-11(17)7-13(14)19;1-6(9(11)13-12)7-2-4-8(10)5-3-7;7-4-1-5(8)3-6(9)2-4;/h2-8,16-19H,1H3;2-6,10,12H,1H3;1-3,7-9H;1H4. The van der Waals surface area contributed by atoms with Gasteiger partial charge >= 0.3 is 5.97 Å². The molecule has 0 aliphatic carbocycles. The van der Waals surface area contributed by atoms with E-state index in [9.17, 15) is 30.0 Å². The van der Waals surface area contributed by atoms with Crippen LogP contribution in [0, 0.1) is 0 Å². The molecule has 230 valence electrons. The lowest BCUT2D eigenvalue weighted by Crippen LogP contribution is -2.10. The van der Waals surface area contributed by atoms with Crippen LogP contribution >= 0.6 is 0 Å². The second kappa shape index (κ2) is 16.0. The number of hydrogen-bond acceptors (Lipinski definition) is 12. The molecule has 0 aromatic heterocycles. The van der Waals surface area contributed by atoms with Crippen molar-refractivity contribution in [2.45, 2.75) is 33.1 Å². The van der Waals surface area contributed by atoms with Gasteiger partial charge in [0, 0.05) is 36.2 Å². The van der Waals surface area contributed by atoms with E-state index in [2.05, 4.69) is 4.89 Å². The van der Waals surface area contributed by atoms with Gasteiger partial charge in [0.05, 0.1) is 5.92 Å². The van der Waals surface area contributed by atoms with Crippen molar-refractivity contribution < 1.29 is 60.6 Å². The third-order valence-corrected chi connectivity index (χ3v) is 5.84. The number of Topliss-reactive ketones (excluding diaryl/α,β-unsaturated/α-hetero) is 1. The van der Waals surface area contributed by atoms with Crippen LogP contribution in [0.25, 0.3) is 0 Å². The maximum absolute atomic E-state index is 12.3. The second-order valence-electron chi connectivity index (χ2n) is 8.97. The number of phenols is 8. The first-order valence-corrected chi connectivity index (χ1v) is 12.2. The summed E-state index contributed by atoms with van der Waals surface area (Å²) in [5.74, 6) is -3.84. The molecule has 4 aromatic carbocycles. The highest BCUT2D eigenvalue weighted by atomic mass is 17.1. The number of ketones is 1. The van der Waals surface area contributed by atoms with E-state index in [1.165, 1.54) is 24.3 Å². The van der Waals surface area contributed by atoms with Crippen LogP contribution in [0.4, 0.5) is 0 Å². The van der Waals surface area contributed by atoms with Crippen LogP contribution in [0.3, 0.4) is 0 Å². The van der Waals surface area contributed by atoms with Crippen LogP contribution in [-0.4, -0.2) is 57.9 Å². The minimum atomic E-state index is -0.717. The SMILES string of the molecule is C.CC(C(=O)OO)c1ccc(O)cc1.CC(C(=O)c1c(O)cc(O)cc1O)c1ccc(O)cc1.Oc1cc(O)cc(O)c1. The average Bonchev–Trinajstić information content (AvgIpc) is 2.92. The van der Waals surface area contributed by atoms with Gasteiger partial charge in [-0.05, 0) is 42.3 Å². The monoisotopic (exact) mass is 598 g/mol. The molecule has 0 saturated carbocycles. The Labute approximate surface area is 247 Å². The molecule has 0 saturated heterocycles. The summed E-state index contributed by atoms with van der Waals surface area (Å²) in [7, 11) is 0. The first-order chi connectivity index (χ1) is 19.7. The van der Waals surface area contributed by atoms with E-state index in [1.807, 2.05) is 0 Å². The van der Waals surface area contributed by atoms with E-state index in [0.29, 0.717) is 11.1 Å². The maximum atomic E-state index is 12.3. The highest BCUT2D eigenvalue weighted by Gasteiger charge is 2.24. The van der Waals surface area contributed by atoms with Crippen molar-refractivity contribution in [3.05, 3.63) is 95.6 Å². The zero-order valence-corrected chi connectivity index (χ0v) is 22.4. The van der Waals surface area contributed by atoms with Gasteiger partial charge in [0.15, 0.2) is 5.78 Å². The zero-order chi connectivity index (χ0) is 31.6. The second-order valence-corrected chi connectivity index (χ2v) is 8.97. The van der Waals surface area contributed by atoms with Gasteiger partial charge in [0.1, 0.15) is 51.6 Å². The van der Waals surface area contributed by atoms with Crippen molar-refractivity contribution in [3.8, 4) is 46.0 Å². The van der Waals surface area contributed by atoms with E-state index >= 15 is 0 Å². The largest absolute Gasteiger partial charge is 0.508 e. The molecule has 0 heterocycles. The van der Waals surface area contributed by atoms with Crippen LogP contribution in [0.2, 0.25) is 0 Å². The molecule has 0 spiro atoms. The predicted octanol–water partition coefficient (Wildman–Crippen LogP) is 5.45. The fraction of sp³-hybridized carbons (Fsp3) is 0.161. The molecule has 43 heavy (non-hydrogen) atoms. The van der Waals surface area contributed by atoms with E-state index in [4.69, 9.17) is 25.7 Å². The van der Waals surface area contributed by atoms with E-state index in [1.54, 1.807) is 38.1 Å². The smallest absolute Gasteiger partial charge is 0.349 e. The number of rotatable bonds is 5. The van der Waals surface area contributed by atoms with Crippen LogP contribution < -0.4 is 0 Å². The Morgan fingerprint density at radius 1 is 0.535 bits per heavy atom. The Morgan fingerprint density at radius 2 is 0.860 bits per heavy atom. The van der Waals surface area contributed by atoms with Gasteiger partial charge in [-0.2, -0.15) is 5.26 Å². The zero-order valence-electron chi connectivity index (χ0n) is 22.4. The lowest BCUT2D eigenvalue weighted by Gasteiger charge is -2.13. The minimum absolute atomic E-state index is 0. The topological polar surface area (TPSA) is 225 Å². The van der Waals surface area contributed by atoms with Gasteiger partial charge in [-0.1, -0.05) is 38.6 Å². The normalized spacial score (nSPS) is 11.2. The summed E-state index contributed by atoms with van der Waals surface area (Å²) in [6, 6.07) is 17.6. The molecule has 9 N–H and O–H groups in total. The third kappa shape index (κ3) is 10.4. The van der Waals surface area contributed by atoms with Crippen molar-refractivity contribution in [2.75, 3.05) is 0 Å². The highest BCUT2D eigenvalue weighted by Crippen LogP contribution is 2.35. The number of hydrogen-bond donors (Lipinski definition) is 9. The fourth-order valence-electron chi connectivity index (χ4n) is 3.54. The highest BCUT2D eigenvalue weighted by molar-refractivity contribution is 6.05.